The van der Waals surface area contributed by atoms with Gasteiger partial charge in [0.1, 0.15) is 11.3 Å². The fourth-order valence-electron chi connectivity index (χ4n) is 6.82. The molecule has 7 heterocycles. The Balaban J connectivity index is 1.10. The van der Waals surface area contributed by atoms with Gasteiger partial charge in [0.05, 0.1) is 24.4 Å². The summed E-state index contributed by atoms with van der Waals surface area (Å²) in [5.74, 6) is 2.07. The fraction of sp³-hybridized carbons (Fsp3) is 0.552. The second kappa shape index (κ2) is 10.2. The third-order valence-corrected chi connectivity index (χ3v) is 8.94. The molecule has 1 unspecified atom stereocenters. The monoisotopic (exact) mass is 544 g/mol. The molecule has 3 fully saturated rings. The summed E-state index contributed by atoms with van der Waals surface area (Å²) in [5, 5.41) is 24.2. The standard InChI is InChI=1S/C29H36N8O3/c1-17(38)24-12-19-13-30-29(34-27(19)28(32-24)37-20-3-4-21(37)6-5-20)33-25-7-2-18-14-36(11-9-23(18)31-25)26(40)16-35-10-8-22(39)15-35/h2,7,12-13,17,20-22,38-39H,3-6,8-11,14-16H2,1H3,(H,30,31,33,34)/t17-,20?,21?,22?/m1/s1. The number of carbonyl (C=O) groups is 1. The van der Waals surface area contributed by atoms with Gasteiger partial charge in [0.25, 0.3) is 0 Å². The molecule has 0 radical (unpaired) electrons. The van der Waals surface area contributed by atoms with E-state index in [-0.39, 0.29) is 12.0 Å². The lowest BCUT2D eigenvalue weighted by atomic mass is 10.0. The van der Waals surface area contributed by atoms with Crippen molar-refractivity contribution in [2.24, 2.45) is 0 Å². The Morgan fingerprint density at radius 1 is 1.10 bits per heavy atom. The van der Waals surface area contributed by atoms with Gasteiger partial charge in [-0.25, -0.2) is 19.9 Å². The molecule has 11 nitrogen and oxygen atoms in total. The maximum Gasteiger partial charge on any atom is 0.237 e. The number of nitrogens with one attached hydrogen (secondary N) is 1. The van der Waals surface area contributed by atoms with Crippen molar-refractivity contribution in [3.63, 3.8) is 0 Å². The number of β-amino-alcohol motifs (C(OH)–C–C–N with tert-alkyl or cyclic N) is 1. The lowest BCUT2D eigenvalue weighted by molar-refractivity contribution is -0.133. The van der Waals surface area contributed by atoms with E-state index in [2.05, 4.69) is 15.2 Å². The first kappa shape index (κ1) is 25.6. The highest BCUT2D eigenvalue weighted by Crippen LogP contribution is 2.42. The number of amides is 1. The van der Waals surface area contributed by atoms with Gasteiger partial charge in [-0.2, -0.15) is 0 Å². The molecule has 1 amide bonds. The maximum atomic E-state index is 12.8. The number of pyridine rings is 2. The van der Waals surface area contributed by atoms with E-state index in [0.717, 1.165) is 40.9 Å². The third-order valence-electron chi connectivity index (χ3n) is 8.94. The second-order valence-corrected chi connectivity index (χ2v) is 11.7. The van der Waals surface area contributed by atoms with Crippen LogP contribution in [0.25, 0.3) is 10.9 Å². The van der Waals surface area contributed by atoms with Crippen molar-refractivity contribution in [1.82, 2.24) is 29.7 Å². The summed E-state index contributed by atoms with van der Waals surface area (Å²) < 4.78 is 0. The van der Waals surface area contributed by atoms with E-state index in [0.29, 0.717) is 62.1 Å². The number of rotatable bonds is 6. The van der Waals surface area contributed by atoms with Gasteiger partial charge < -0.3 is 25.3 Å². The summed E-state index contributed by atoms with van der Waals surface area (Å²) in [4.78, 5) is 38.3. The molecule has 0 saturated carbocycles. The van der Waals surface area contributed by atoms with Gasteiger partial charge in [0.15, 0.2) is 5.82 Å². The summed E-state index contributed by atoms with van der Waals surface area (Å²) in [6.07, 6.45) is 6.91. The van der Waals surface area contributed by atoms with Gasteiger partial charge in [0.2, 0.25) is 11.9 Å². The molecule has 3 N–H and O–H groups in total. The summed E-state index contributed by atoms with van der Waals surface area (Å²) in [6, 6.07) is 6.77. The Hall–Kier alpha value is -3.41. The lowest BCUT2D eigenvalue weighted by Crippen LogP contribution is -2.42. The van der Waals surface area contributed by atoms with Crippen LogP contribution in [0.15, 0.2) is 24.4 Å². The van der Waals surface area contributed by atoms with Gasteiger partial charge in [-0.15, -0.1) is 0 Å². The molecule has 3 aromatic heterocycles. The molecule has 2 bridgehead atoms. The number of hydrogen-bond acceptors (Lipinski definition) is 10. The highest BCUT2D eigenvalue weighted by molar-refractivity contribution is 5.90. The van der Waals surface area contributed by atoms with Crippen molar-refractivity contribution >= 4 is 34.4 Å². The van der Waals surface area contributed by atoms with Gasteiger partial charge in [0, 0.05) is 62.0 Å². The van der Waals surface area contributed by atoms with E-state index < -0.39 is 6.10 Å². The zero-order valence-corrected chi connectivity index (χ0v) is 22.8. The molecule has 0 aliphatic carbocycles. The molecular weight excluding hydrogens is 508 g/mol. The van der Waals surface area contributed by atoms with Crippen molar-refractivity contribution in [3.8, 4) is 0 Å². The van der Waals surface area contributed by atoms with E-state index in [1.54, 1.807) is 13.1 Å². The van der Waals surface area contributed by atoms with E-state index in [4.69, 9.17) is 15.0 Å². The van der Waals surface area contributed by atoms with E-state index in [1.165, 1.54) is 25.7 Å². The van der Waals surface area contributed by atoms with Crippen LogP contribution in [0.2, 0.25) is 0 Å². The van der Waals surface area contributed by atoms with E-state index in [1.807, 2.05) is 28.0 Å². The van der Waals surface area contributed by atoms with Crippen molar-refractivity contribution in [2.75, 3.05) is 36.4 Å². The summed E-state index contributed by atoms with van der Waals surface area (Å²) in [7, 11) is 0. The number of carbonyl (C=O) groups excluding carboxylic acids is 1. The van der Waals surface area contributed by atoms with Crippen molar-refractivity contribution < 1.29 is 15.0 Å². The first-order valence-electron chi connectivity index (χ1n) is 14.5. The quantitative estimate of drug-likeness (QED) is 0.425. The number of fused-ring (bicyclic) bond motifs is 4. The first-order valence-corrected chi connectivity index (χ1v) is 14.5. The van der Waals surface area contributed by atoms with Crippen molar-refractivity contribution in [1.29, 1.82) is 0 Å². The van der Waals surface area contributed by atoms with Crippen LogP contribution >= 0.6 is 0 Å². The van der Waals surface area contributed by atoms with Crippen LogP contribution in [0.1, 0.15) is 62.1 Å². The van der Waals surface area contributed by atoms with Crippen LogP contribution in [0.4, 0.5) is 17.6 Å². The predicted octanol–water partition coefficient (Wildman–Crippen LogP) is 2.30. The number of aliphatic hydroxyl groups excluding tert-OH is 2. The highest BCUT2D eigenvalue weighted by Gasteiger charge is 2.41. The third kappa shape index (κ3) is 4.76. The summed E-state index contributed by atoms with van der Waals surface area (Å²) in [6.45, 7) is 4.61. The van der Waals surface area contributed by atoms with Crippen molar-refractivity contribution in [3.05, 3.63) is 41.3 Å². The summed E-state index contributed by atoms with van der Waals surface area (Å²) >= 11 is 0. The molecular formula is C29H36N8O3. The average Bonchev–Trinajstić information content (AvgIpc) is 3.68. The van der Waals surface area contributed by atoms with Crippen LogP contribution in [0.3, 0.4) is 0 Å². The molecule has 0 aromatic carbocycles. The number of nitrogens with zero attached hydrogens (tertiary/aromatic N) is 7. The first-order chi connectivity index (χ1) is 19.4. The molecule has 0 spiro atoms. The lowest BCUT2D eigenvalue weighted by Gasteiger charge is -2.30. The van der Waals surface area contributed by atoms with Crippen LogP contribution < -0.4 is 10.2 Å². The molecule has 2 atom stereocenters. The van der Waals surface area contributed by atoms with E-state index in [9.17, 15) is 15.0 Å². The molecule has 210 valence electrons. The van der Waals surface area contributed by atoms with Crippen LogP contribution in [0.5, 0.6) is 0 Å². The smallest absolute Gasteiger partial charge is 0.237 e. The minimum Gasteiger partial charge on any atom is -0.392 e. The second-order valence-electron chi connectivity index (χ2n) is 11.7. The van der Waals surface area contributed by atoms with Crippen LogP contribution in [0, 0.1) is 0 Å². The maximum absolute atomic E-state index is 12.8. The Bertz CT molecular complexity index is 1430. The minimum absolute atomic E-state index is 0.0983. The van der Waals surface area contributed by atoms with E-state index >= 15 is 0 Å². The van der Waals surface area contributed by atoms with Gasteiger partial charge in [-0.3, -0.25) is 9.69 Å². The Kier molecular flexibility index (Phi) is 6.52. The topological polar surface area (TPSA) is 131 Å². The summed E-state index contributed by atoms with van der Waals surface area (Å²) in [5.41, 5.74) is 3.45. The molecule has 7 rings (SSSR count). The van der Waals surface area contributed by atoms with Crippen LogP contribution in [-0.2, 0) is 17.8 Å². The van der Waals surface area contributed by atoms with Crippen LogP contribution in [-0.4, -0.2) is 90.2 Å². The molecule has 4 aliphatic rings. The zero-order chi connectivity index (χ0) is 27.4. The normalized spacial score (nSPS) is 25.0. The number of aliphatic hydroxyl groups is 2. The molecule has 3 aromatic rings. The molecule has 40 heavy (non-hydrogen) atoms. The predicted molar refractivity (Wildman–Crippen MR) is 150 cm³/mol. The average molecular weight is 545 g/mol. The Labute approximate surface area is 233 Å². The van der Waals surface area contributed by atoms with Gasteiger partial charge >= 0.3 is 0 Å². The SMILES string of the molecule is C[C@@H](O)c1cc2cnc(Nc3ccc4c(n3)CCN(C(=O)CN3CCC(O)C3)C4)nc2c(N2C3CCC2CC3)n1. The molecule has 3 saturated heterocycles. The van der Waals surface area contributed by atoms with Gasteiger partial charge in [-0.05, 0) is 56.7 Å². The minimum atomic E-state index is -0.666. The number of anilines is 3. The number of hydrogen-bond donors (Lipinski definition) is 3. The van der Waals surface area contributed by atoms with Gasteiger partial charge in [-0.1, -0.05) is 6.07 Å². The largest absolute Gasteiger partial charge is 0.392 e. The molecule has 11 heteroatoms. The number of aromatic nitrogens is 4. The Morgan fingerprint density at radius 2 is 1.90 bits per heavy atom. The highest BCUT2D eigenvalue weighted by atomic mass is 16.3. The zero-order valence-electron chi connectivity index (χ0n) is 22.8. The Morgan fingerprint density at radius 3 is 2.62 bits per heavy atom. The molecule has 4 aliphatic heterocycles. The van der Waals surface area contributed by atoms with Crippen molar-refractivity contribution in [2.45, 2.75) is 76.3 Å². The fourth-order valence-corrected chi connectivity index (χ4v) is 6.82. The number of likely N-dealkylation sites (tertiary alicyclic amines) is 1.